The van der Waals surface area contributed by atoms with Crippen LogP contribution in [0.4, 0.5) is 0 Å². The largest absolute Gasteiger partial charge is 0.481 e. The number of carboxylic acids is 2. The molecule has 4 N–H and O–H groups in total. The number of likely N-dealkylation sites (tertiary alicyclic amines) is 1. The van der Waals surface area contributed by atoms with E-state index in [2.05, 4.69) is 0 Å². The lowest BCUT2D eigenvalue weighted by atomic mass is 9.92. The van der Waals surface area contributed by atoms with Crippen molar-refractivity contribution in [1.82, 2.24) is 4.90 Å². The Morgan fingerprint density at radius 1 is 1.25 bits per heavy atom. The van der Waals surface area contributed by atoms with Crippen molar-refractivity contribution in [2.45, 2.75) is 31.7 Å². The third kappa shape index (κ3) is 3.77. The summed E-state index contributed by atoms with van der Waals surface area (Å²) >= 11 is 0. The van der Waals surface area contributed by atoms with Crippen molar-refractivity contribution < 1.29 is 29.4 Å². The quantitative estimate of drug-likeness (QED) is 0.514. The molecule has 1 aliphatic rings. The fourth-order valence-corrected chi connectivity index (χ4v) is 2.37. The first-order valence-electron chi connectivity index (χ1n) is 6.36. The van der Waals surface area contributed by atoms with Gasteiger partial charge in [-0.15, -0.1) is 0 Å². The Bertz CT molecular complexity index is 422. The molecule has 8 heteroatoms. The second kappa shape index (κ2) is 6.99. The molecule has 1 unspecified atom stereocenters. The first-order chi connectivity index (χ1) is 9.38. The number of carbonyl (C=O) groups is 4. The van der Waals surface area contributed by atoms with Crippen LogP contribution in [0.3, 0.4) is 0 Å². The molecule has 1 aliphatic heterocycles. The molecule has 0 aromatic rings. The number of Topliss-reactive ketones (excluding diaryl/α,β-unsaturated/α-hetero) is 1. The van der Waals surface area contributed by atoms with Crippen molar-refractivity contribution in [3.05, 3.63) is 0 Å². The van der Waals surface area contributed by atoms with Crippen LogP contribution in [0.25, 0.3) is 0 Å². The Balaban J connectivity index is 2.80. The lowest BCUT2D eigenvalue weighted by Gasteiger charge is -2.25. The molecule has 112 valence electrons. The van der Waals surface area contributed by atoms with Gasteiger partial charge in [0.25, 0.3) is 0 Å². The molecular formula is C12H18N2O6. The molecule has 0 saturated carbocycles. The summed E-state index contributed by atoms with van der Waals surface area (Å²) in [6, 6.07) is -0.805. The summed E-state index contributed by atoms with van der Waals surface area (Å²) in [4.78, 5) is 46.7. The van der Waals surface area contributed by atoms with E-state index in [0.29, 0.717) is 19.4 Å². The highest BCUT2D eigenvalue weighted by Gasteiger charge is 2.39. The molecule has 1 saturated heterocycles. The van der Waals surface area contributed by atoms with Gasteiger partial charge in [-0.05, 0) is 19.3 Å². The van der Waals surface area contributed by atoms with E-state index in [0.717, 1.165) is 0 Å². The Labute approximate surface area is 115 Å². The first kappa shape index (κ1) is 16.1. The van der Waals surface area contributed by atoms with Gasteiger partial charge in [0, 0.05) is 13.0 Å². The van der Waals surface area contributed by atoms with Crippen molar-refractivity contribution in [2.24, 2.45) is 11.7 Å². The number of carboxylic acid groups (broad SMARTS) is 2. The van der Waals surface area contributed by atoms with E-state index in [9.17, 15) is 19.2 Å². The molecule has 8 nitrogen and oxygen atoms in total. The van der Waals surface area contributed by atoms with Gasteiger partial charge in [0.15, 0.2) is 5.78 Å². The number of rotatable bonds is 7. The van der Waals surface area contributed by atoms with E-state index < -0.39 is 42.0 Å². The van der Waals surface area contributed by atoms with Gasteiger partial charge in [-0.2, -0.15) is 0 Å². The van der Waals surface area contributed by atoms with E-state index in [4.69, 9.17) is 15.9 Å². The molecule has 1 fully saturated rings. The van der Waals surface area contributed by atoms with Crippen molar-refractivity contribution in [3.8, 4) is 0 Å². The van der Waals surface area contributed by atoms with Gasteiger partial charge in [0.05, 0.1) is 12.6 Å². The van der Waals surface area contributed by atoms with Crippen LogP contribution in [0.2, 0.25) is 0 Å². The predicted octanol–water partition coefficient (Wildman–Crippen LogP) is -0.929. The molecule has 1 heterocycles. The number of nitrogens with zero attached hydrogens (tertiary/aromatic N) is 1. The second-order valence-corrected chi connectivity index (χ2v) is 4.67. The minimum Gasteiger partial charge on any atom is -0.481 e. The van der Waals surface area contributed by atoms with Crippen LogP contribution in [0.5, 0.6) is 0 Å². The fraction of sp³-hybridized carbons (Fsp3) is 0.667. The lowest BCUT2D eigenvalue weighted by Crippen LogP contribution is -2.46. The van der Waals surface area contributed by atoms with Gasteiger partial charge >= 0.3 is 11.9 Å². The molecular weight excluding hydrogens is 268 g/mol. The van der Waals surface area contributed by atoms with Crippen molar-refractivity contribution in [1.29, 1.82) is 0 Å². The van der Waals surface area contributed by atoms with Gasteiger partial charge < -0.3 is 20.8 Å². The topological polar surface area (TPSA) is 138 Å². The van der Waals surface area contributed by atoms with E-state index >= 15 is 0 Å². The highest BCUT2D eigenvalue weighted by Crippen LogP contribution is 2.23. The number of nitrogens with two attached hydrogens (primary N) is 1. The summed E-state index contributed by atoms with van der Waals surface area (Å²) in [5, 5.41) is 17.6. The minimum atomic E-state index is -1.40. The summed E-state index contributed by atoms with van der Waals surface area (Å²) in [5.41, 5.74) is 5.25. The van der Waals surface area contributed by atoms with E-state index in [1.54, 1.807) is 0 Å². The van der Waals surface area contributed by atoms with E-state index in [1.807, 2.05) is 0 Å². The molecule has 0 aromatic heterocycles. The minimum absolute atomic E-state index is 0.239. The van der Waals surface area contributed by atoms with Gasteiger partial charge in [-0.25, -0.2) is 0 Å². The van der Waals surface area contributed by atoms with Gasteiger partial charge in [-0.3, -0.25) is 19.2 Å². The van der Waals surface area contributed by atoms with Crippen LogP contribution >= 0.6 is 0 Å². The highest BCUT2D eigenvalue weighted by molar-refractivity contribution is 6.02. The molecule has 1 amide bonds. The summed E-state index contributed by atoms with van der Waals surface area (Å²) in [6.45, 7) is 0.133. The van der Waals surface area contributed by atoms with Crippen LogP contribution in [0, 0.1) is 5.92 Å². The molecule has 20 heavy (non-hydrogen) atoms. The van der Waals surface area contributed by atoms with Crippen LogP contribution < -0.4 is 5.73 Å². The Morgan fingerprint density at radius 3 is 2.40 bits per heavy atom. The first-order valence-corrected chi connectivity index (χ1v) is 6.36. The molecule has 0 bridgehead atoms. The highest BCUT2D eigenvalue weighted by atomic mass is 16.4. The Hall–Kier alpha value is -1.96. The summed E-state index contributed by atoms with van der Waals surface area (Å²) in [5.74, 6) is -4.93. The fourth-order valence-electron chi connectivity index (χ4n) is 2.37. The monoisotopic (exact) mass is 286 g/mol. The number of amides is 1. The summed E-state index contributed by atoms with van der Waals surface area (Å²) in [7, 11) is 0. The number of ketones is 1. The van der Waals surface area contributed by atoms with Crippen LogP contribution in [0.1, 0.15) is 25.7 Å². The van der Waals surface area contributed by atoms with Gasteiger partial charge in [-0.1, -0.05) is 0 Å². The zero-order chi connectivity index (χ0) is 15.3. The molecule has 0 spiro atoms. The zero-order valence-electron chi connectivity index (χ0n) is 10.9. The third-order valence-corrected chi connectivity index (χ3v) is 3.36. The maximum atomic E-state index is 12.2. The zero-order valence-corrected chi connectivity index (χ0v) is 10.9. The maximum absolute atomic E-state index is 12.2. The second-order valence-electron chi connectivity index (χ2n) is 4.67. The van der Waals surface area contributed by atoms with Crippen molar-refractivity contribution in [2.75, 3.05) is 13.1 Å². The molecule has 0 aromatic carbocycles. The average Bonchev–Trinajstić information content (AvgIpc) is 2.86. The number of aliphatic carboxylic acids is 2. The van der Waals surface area contributed by atoms with Crippen LogP contribution in [-0.2, 0) is 19.2 Å². The van der Waals surface area contributed by atoms with E-state index in [1.165, 1.54) is 4.90 Å². The molecule has 1 rings (SSSR count). The van der Waals surface area contributed by atoms with Gasteiger partial charge in [0.2, 0.25) is 5.91 Å². The molecule has 0 radical (unpaired) electrons. The Kier molecular flexibility index (Phi) is 5.63. The number of hydrogen-bond acceptors (Lipinski definition) is 5. The number of carbonyl (C=O) groups excluding carboxylic acids is 2. The molecule has 2 atom stereocenters. The van der Waals surface area contributed by atoms with Crippen molar-refractivity contribution >= 4 is 23.6 Å². The molecule has 0 aliphatic carbocycles. The van der Waals surface area contributed by atoms with Crippen LogP contribution in [0.15, 0.2) is 0 Å². The summed E-state index contributed by atoms with van der Waals surface area (Å²) < 4.78 is 0. The van der Waals surface area contributed by atoms with Crippen molar-refractivity contribution in [3.63, 3.8) is 0 Å². The average molecular weight is 286 g/mol. The summed E-state index contributed by atoms with van der Waals surface area (Å²) in [6.07, 6.45) is 0.319. The normalized spacial score (nSPS) is 19.6. The third-order valence-electron chi connectivity index (χ3n) is 3.36. The SMILES string of the molecule is NCC(=O)N1CCC[C@H]1C(=O)C(CCC(=O)O)C(=O)O. The van der Waals surface area contributed by atoms with Gasteiger partial charge in [0.1, 0.15) is 5.92 Å². The van der Waals surface area contributed by atoms with E-state index in [-0.39, 0.29) is 13.0 Å². The number of hydrogen-bond donors (Lipinski definition) is 3. The van der Waals surface area contributed by atoms with Crippen LogP contribution in [-0.4, -0.2) is 57.9 Å². The lowest BCUT2D eigenvalue weighted by molar-refractivity contribution is -0.150. The maximum Gasteiger partial charge on any atom is 0.314 e. The Morgan fingerprint density at radius 2 is 1.90 bits per heavy atom. The standard InChI is InChI=1S/C12H18N2O6/c13-6-9(15)14-5-1-2-8(14)11(18)7(12(19)20)3-4-10(16)17/h7-8H,1-6,13H2,(H,16,17)(H,19,20)/t7?,8-/m0/s1. The smallest absolute Gasteiger partial charge is 0.314 e. The predicted molar refractivity (Wildman–Crippen MR) is 66.8 cm³/mol.